The molecule has 0 aromatic rings. The highest BCUT2D eigenvalue weighted by Gasteiger charge is 2.44. The van der Waals surface area contributed by atoms with E-state index in [4.69, 9.17) is 5.73 Å². The molecule has 2 N–H and O–H groups in total. The Morgan fingerprint density at radius 1 is 1.25 bits per heavy atom. The molecule has 0 aromatic heterocycles. The van der Waals surface area contributed by atoms with Crippen LogP contribution in [0, 0.1) is 5.92 Å². The number of likely N-dealkylation sites (N-methyl/N-ethyl adjacent to an activating group) is 1. The van der Waals surface area contributed by atoms with Crippen molar-refractivity contribution in [2.24, 2.45) is 11.7 Å². The average molecular weight is 303 g/mol. The van der Waals surface area contributed by atoms with E-state index in [2.05, 4.69) is 6.92 Å². The van der Waals surface area contributed by atoms with Gasteiger partial charge < -0.3 is 5.73 Å². The normalized spacial score (nSPS) is 32.9. The molecule has 0 spiro atoms. The minimum Gasteiger partial charge on any atom is -0.329 e. The van der Waals surface area contributed by atoms with Gasteiger partial charge in [-0.3, -0.25) is 0 Å². The lowest BCUT2D eigenvalue weighted by Crippen LogP contribution is -2.58. The first-order valence-electron chi connectivity index (χ1n) is 7.90. The SMILES string of the molecule is CCC1CCC(CN)(N(C)S(=O)(=O)N2CCCC2)CC1. The van der Waals surface area contributed by atoms with Crippen LogP contribution in [0.3, 0.4) is 0 Å². The molecule has 5 nitrogen and oxygen atoms in total. The van der Waals surface area contributed by atoms with Gasteiger partial charge in [0.15, 0.2) is 0 Å². The fraction of sp³-hybridized carbons (Fsp3) is 1.00. The zero-order valence-electron chi connectivity index (χ0n) is 12.8. The first-order chi connectivity index (χ1) is 9.46. The Morgan fingerprint density at radius 3 is 2.25 bits per heavy atom. The maximum Gasteiger partial charge on any atom is 0.282 e. The van der Waals surface area contributed by atoms with Gasteiger partial charge in [-0.2, -0.15) is 17.0 Å². The van der Waals surface area contributed by atoms with Crippen LogP contribution in [0.2, 0.25) is 0 Å². The summed E-state index contributed by atoms with van der Waals surface area (Å²) in [6.07, 6.45) is 7.10. The second-order valence-electron chi connectivity index (χ2n) is 6.36. The number of nitrogens with two attached hydrogens (primary N) is 1. The molecule has 0 radical (unpaired) electrons. The quantitative estimate of drug-likeness (QED) is 0.838. The fourth-order valence-electron chi connectivity index (χ4n) is 3.61. The van der Waals surface area contributed by atoms with Gasteiger partial charge in [-0.15, -0.1) is 0 Å². The molecule has 0 atom stereocenters. The molecule has 20 heavy (non-hydrogen) atoms. The number of rotatable bonds is 5. The number of hydrogen-bond acceptors (Lipinski definition) is 3. The molecular weight excluding hydrogens is 274 g/mol. The largest absolute Gasteiger partial charge is 0.329 e. The highest BCUT2D eigenvalue weighted by molar-refractivity contribution is 7.86. The number of nitrogens with zero attached hydrogens (tertiary/aromatic N) is 2. The van der Waals surface area contributed by atoms with Crippen LogP contribution < -0.4 is 5.73 Å². The summed E-state index contributed by atoms with van der Waals surface area (Å²) in [7, 11) is -1.62. The van der Waals surface area contributed by atoms with E-state index in [0.717, 1.165) is 44.4 Å². The topological polar surface area (TPSA) is 66.6 Å². The van der Waals surface area contributed by atoms with Crippen molar-refractivity contribution >= 4 is 10.2 Å². The highest BCUT2D eigenvalue weighted by atomic mass is 32.2. The third kappa shape index (κ3) is 2.89. The minimum absolute atomic E-state index is 0.368. The molecule has 0 amide bonds. The van der Waals surface area contributed by atoms with Crippen molar-refractivity contribution in [3.8, 4) is 0 Å². The monoisotopic (exact) mass is 303 g/mol. The van der Waals surface area contributed by atoms with E-state index < -0.39 is 10.2 Å². The van der Waals surface area contributed by atoms with Crippen molar-refractivity contribution in [1.82, 2.24) is 8.61 Å². The lowest BCUT2D eigenvalue weighted by atomic mass is 9.75. The molecule has 2 aliphatic rings. The van der Waals surface area contributed by atoms with Gasteiger partial charge in [0.25, 0.3) is 10.2 Å². The zero-order chi connectivity index (χ0) is 14.8. The van der Waals surface area contributed by atoms with E-state index in [1.807, 2.05) is 0 Å². The van der Waals surface area contributed by atoms with Crippen LogP contribution in [0.5, 0.6) is 0 Å². The zero-order valence-corrected chi connectivity index (χ0v) is 13.7. The van der Waals surface area contributed by atoms with Gasteiger partial charge in [0.1, 0.15) is 0 Å². The van der Waals surface area contributed by atoms with Gasteiger partial charge in [-0.05, 0) is 44.4 Å². The van der Waals surface area contributed by atoms with E-state index in [1.165, 1.54) is 6.42 Å². The summed E-state index contributed by atoms with van der Waals surface area (Å²) in [5.41, 5.74) is 5.63. The van der Waals surface area contributed by atoms with Crippen molar-refractivity contribution in [3.05, 3.63) is 0 Å². The smallest absolute Gasteiger partial charge is 0.282 e. The highest BCUT2D eigenvalue weighted by Crippen LogP contribution is 2.38. The Kier molecular flexibility index (Phi) is 5.10. The van der Waals surface area contributed by atoms with Crippen LogP contribution in [0.1, 0.15) is 51.9 Å². The molecule has 118 valence electrons. The first kappa shape index (κ1) is 16.2. The minimum atomic E-state index is -3.35. The summed E-state index contributed by atoms with van der Waals surface area (Å²) >= 11 is 0. The molecule has 1 saturated heterocycles. The standard InChI is InChI=1S/C14H29N3O2S/c1-3-13-6-8-14(12-15,9-7-13)16(2)20(18,19)17-10-4-5-11-17/h13H,3-12,15H2,1-2H3. The molecule has 1 aliphatic carbocycles. The third-order valence-electron chi connectivity index (χ3n) is 5.40. The molecule has 0 aromatic carbocycles. The number of hydrogen-bond donors (Lipinski definition) is 1. The Bertz CT molecular complexity index is 410. The molecular formula is C14H29N3O2S. The summed E-state index contributed by atoms with van der Waals surface area (Å²) in [5.74, 6) is 0.734. The van der Waals surface area contributed by atoms with Crippen molar-refractivity contribution in [2.75, 3.05) is 26.7 Å². The Morgan fingerprint density at radius 2 is 1.80 bits per heavy atom. The van der Waals surface area contributed by atoms with Gasteiger partial charge in [0, 0.05) is 32.2 Å². The van der Waals surface area contributed by atoms with Crippen LogP contribution in [0.15, 0.2) is 0 Å². The van der Waals surface area contributed by atoms with Gasteiger partial charge in [0.05, 0.1) is 0 Å². The fourth-order valence-corrected chi connectivity index (χ4v) is 5.42. The third-order valence-corrected chi connectivity index (χ3v) is 7.50. The predicted molar refractivity (Wildman–Crippen MR) is 81.5 cm³/mol. The summed E-state index contributed by atoms with van der Waals surface area (Å²) in [6, 6.07) is 0. The van der Waals surface area contributed by atoms with Crippen LogP contribution in [-0.2, 0) is 10.2 Å². The second-order valence-corrected chi connectivity index (χ2v) is 8.32. The lowest BCUT2D eigenvalue weighted by Gasteiger charge is -2.45. The van der Waals surface area contributed by atoms with E-state index in [0.29, 0.717) is 19.6 Å². The molecule has 2 fully saturated rings. The molecule has 1 aliphatic heterocycles. The summed E-state index contributed by atoms with van der Waals surface area (Å²) in [5, 5.41) is 0. The average Bonchev–Trinajstić information content (AvgIpc) is 3.01. The van der Waals surface area contributed by atoms with Crippen LogP contribution in [-0.4, -0.2) is 49.2 Å². The Balaban J connectivity index is 2.14. The first-order valence-corrected chi connectivity index (χ1v) is 9.30. The summed E-state index contributed by atoms with van der Waals surface area (Å²) < 4.78 is 28.7. The van der Waals surface area contributed by atoms with Gasteiger partial charge in [0.2, 0.25) is 0 Å². The van der Waals surface area contributed by atoms with Crippen LogP contribution >= 0.6 is 0 Å². The lowest BCUT2D eigenvalue weighted by molar-refractivity contribution is 0.123. The summed E-state index contributed by atoms with van der Waals surface area (Å²) in [6.45, 7) is 3.95. The maximum absolute atomic E-state index is 12.7. The van der Waals surface area contributed by atoms with Gasteiger partial charge in [-0.25, -0.2) is 0 Å². The van der Waals surface area contributed by atoms with Crippen molar-refractivity contribution in [2.45, 2.75) is 57.4 Å². The van der Waals surface area contributed by atoms with Gasteiger partial charge in [-0.1, -0.05) is 13.3 Å². The summed E-state index contributed by atoms with van der Waals surface area (Å²) in [4.78, 5) is 0. The van der Waals surface area contributed by atoms with Crippen molar-refractivity contribution in [3.63, 3.8) is 0 Å². The Labute approximate surface area is 123 Å². The van der Waals surface area contributed by atoms with E-state index >= 15 is 0 Å². The molecule has 0 unspecified atom stereocenters. The Hall–Kier alpha value is -0.170. The molecule has 2 rings (SSSR count). The van der Waals surface area contributed by atoms with Crippen molar-refractivity contribution < 1.29 is 8.42 Å². The van der Waals surface area contributed by atoms with E-state index in [1.54, 1.807) is 15.7 Å². The molecule has 6 heteroatoms. The van der Waals surface area contributed by atoms with Crippen LogP contribution in [0.4, 0.5) is 0 Å². The van der Waals surface area contributed by atoms with E-state index in [-0.39, 0.29) is 5.54 Å². The van der Waals surface area contributed by atoms with Gasteiger partial charge >= 0.3 is 0 Å². The van der Waals surface area contributed by atoms with E-state index in [9.17, 15) is 8.42 Å². The molecule has 0 bridgehead atoms. The van der Waals surface area contributed by atoms with Crippen molar-refractivity contribution in [1.29, 1.82) is 0 Å². The molecule has 1 saturated carbocycles. The maximum atomic E-state index is 12.7. The predicted octanol–water partition coefficient (Wildman–Crippen LogP) is 1.56. The second kappa shape index (κ2) is 6.30. The molecule has 1 heterocycles. The van der Waals surface area contributed by atoms with Crippen LogP contribution in [0.25, 0.3) is 0 Å².